The SMILES string of the molecule is CC1CCOC1C(Cl)c1ccc2[nH]c(=O)[nH]c2c1. The Labute approximate surface area is 109 Å². The summed E-state index contributed by atoms with van der Waals surface area (Å²) < 4.78 is 5.69. The van der Waals surface area contributed by atoms with Crippen LogP contribution in [-0.2, 0) is 4.74 Å². The molecule has 1 fully saturated rings. The van der Waals surface area contributed by atoms with Gasteiger partial charge in [-0.15, -0.1) is 11.6 Å². The highest BCUT2D eigenvalue weighted by Crippen LogP contribution is 2.36. The van der Waals surface area contributed by atoms with Gasteiger partial charge in [0.25, 0.3) is 0 Å². The zero-order valence-electron chi connectivity index (χ0n) is 10.1. The number of ether oxygens (including phenoxy) is 1. The number of benzene rings is 1. The first-order valence-electron chi connectivity index (χ1n) is 6.13. The van der Waals surface area contributed by atoms with E-state index in [0.717, 1.165) is 29.6 Å². The van der Waals surface area contributed by atoms with Crippen molar-refractivity contribution in [2.24, 2.45) is 5.92 Å². The number of aromatic amines is 2. The number of nitrogens with one attached hydrogen (secondary N) is 2. The maximum atomic E-state index is 11.2. The molecule has 0 saturated carbocycles. The second-order valence-electron chi connectivity index (χ2n) is 4.89. The number of alkyl halides is 1. The van der Waals surface area contributed by atoms with Crippen LogP contribution in [-0.4, -0.2) is 22.7 Å². The van der Waals surface area contributed by atoms with Gasteiger partial charge in [0.2, 0.25) is 0 Å². The third kappa shape index (κ3) is 1.95. The molecule has 1 saturated heterocycles. The van der Waals surface area contributed by atoms with Gasteiger partial charge in [-0.05, 0) is 30.0 Å². The Bertz CT molecular complexity index is 619. The van der Waals surface area contributed by atoms with Crippen molar-refractivity contribution in [2.45, 2.75) is 24.8 Å². The van der Waals surface area contributed by atoms with Crippen molar-refractivity contribution >= 4 is 22.6 Å². The number of fused-ring (bicyclic) bond motifs is 1. The number of aromatic nitrogens is 2. The minimum atomic E-state index is -0.196. The fourth-order valence-electron chi connectivity index (χ4n) is 2.50. The molecule has 2 heterocycles. The molecule has 18 heavy (non-hydrogen) atoms. The van der Waals surface area contributed by atoms with Gasteiger partial charge in [0, 0.05) is 6.61 Å². The lowest BCUT2D eigenvalue weighted by Gasteiger charge is -2.20. The van der Waals surface area contributed by atoms with Gasteiger partial charge in [0.1, 0.15) is 0 Å². The highest BCUT2D eigenvalue weighted by Gasteiger charge is 2.31. The average Bonchev–Trinajstić information content (AvgIpc) is 2.91. The smallest absolute Gasteiger partial charge is 0.323 e. The maximum absolute atomic E-state index is 11.2. The number of halogens is 1. The molecular formula is C13H15ClN2O2. The van der Waals surface area contributed by atoms with Gasteiger partial charge in [0.05, 0.1) is 22.5 Å². The van der Waals surface area contributed by atoms with Crippen LogP contribution in [0.5, 0.6) is 0 Å². The molecule has 1 aliphatic rings. The standard InChI is InChI=1S/C13H15ClN2O2/c1-7-4-5-18-12(7)11(14)8-2-3-9-10(6-8)16-13(17)15-9/h2-3,6-7,11-12H,4-5H2,1H3,(H2,15,16,17). The summed E-state index contributed by atoms with van der Waals surface area (Å²) in [6.45, 7) is 2.93. The molecule has 0 aliphatic carbocycles. The fraction of sp³-hybridized carbons (Fsp3) is 0.462. The monoisotopic (exact) mass is 266 g/mol. The number of imidazole rings is 1. The predicted octanol–water partition coefficient (Wildman–Crippen LogP) is 2.56. The van der Waals surface area contributed by atoms with Crippen molar-refractivity contribution in [2.75, 3.05) is 6.61 Å². The summed E-state index contributed by atoms with van der Waals surface area (Å²) >= 11 is 6.49. The number of H-pyrrole nitrogens is 2. The van der Waals surface area contributed by atoms with Crippen molar-refractivity contribution in [3.63, 3.8) is 0 Å². The zero-order valence-corrected chi connectivity index (χ0v) is 10.8. The van der Waals surface area contributed by atoms with Gasteiger partial charge < -0.3 is 14.7 Å². The molecule has 5 heteroatoms. The Morgan fingerprint density at radius 2 is 2.17 bits per heavy atom. The van der Waals surface area contributed by atoms with Gasteiger partial charge in [-0.1, -0.05) is 13.0 Å². The van der Waals surface area contributed by atoms with Crippen LogP contribution in [0.4, 0.5) is 0 Å². The predicted molar refractivity (Wildman–Crippen MR) is 71.0 cm³/mol. The molecule has 0 amide bonds. The van der Waals surface area contributed by atoms with Crippen molar-refractivity contribution in [3.05, 3.63) is 34.2 Å². The molecule has 3 rings (SSSR count). The Morgan fingerprint density at radius 1 is 1.39 bits per heavy atom. The largest absolute Gasteiger partial charge is 0.376 e. The lowest BCUT2D eigenvalue weighted by molar-refractivity contribution is 0.0904. The van der Waals surface area contributed by atoms with E-state index in [2.05, 4.69) is 16.9 Å². The molecule has 1 aromatic heterocycles. The number of hydrogen-bond donors (Lipinski definition) is 2. The summed E-state index contributed by atoms with van der Waals surface area (Å²) in [5.74, 6) is 0.466. The van der Waals surface area contributed by atoms with Gasteiger partial charge in [-0.3, -0.25) is 0 Å². The molecule has 3 atom stereocenters. The van der Waals surface area contributed by atoms with Crippen molar-refractivity contribution in [3.8, 4) is 0 Å². The Kier molecular flexibility index (Phi) is 2.92. The number of hydrogen-bond acceptors (Lipinski definition) is 2. The lowest BCUT2D eigenvalue weighted by Crippen LogP contribution is -2.19. The Morgan fingerprint density at radius 3 is 2.89 bits per heavy atom. The summed E-state index contributed by atoms with van der Waals surface area (Å²) in [4.78, 5) is 16.7. The van der Waals surface area contributed by atoms with Crippen LogP contribution in [0.3, 0.4) is 0 Å². The summed E-state index contributed by atoms with van der Waals surface area (Å²) in [7, 11) is 0. The highest BCUT2D eigenvalue weighted by molar-refractivity contribution is 6.21. The molecule has 96 valence electrons. The van der Waals surface area contributed by atoms with E-state index in [4.69, 9.17) is 16.3 Å². The van der Waals surface area contributed by atoms with E-state index in [-0.39, 0.29) is 17.2 Å². The first kappa shape index (κ1) is 11.8. The van der Waals surface area contributed by atoms with E-state index < -0.39 is 0 Å². The second-order valence-corrected chi connectivity index (χ2v) is 5.36. The van der Waals surface area contributed by atoms with E-state index >= 15 is 0 Å². The summed E-state index contributed by atoms with van der Waals surface area (Å²) in [5.41, 5.74) is 2.37. The van der Waals surface area contributed by atoms with Crippen LogP contribution >= 0.6 is 11.6 Å². The molecule has 0 spiro atoms. The van der Waals surface area contributed by atoms with Gasteiger partial charge >= 0.3 is 5.69 Å². The van der Waals surface area contributed by atoms with Gasteiger partial charge in [-0.2, -0.15) is 0 Å². The first-order chi connectivity index (χ1) is 8.65. The zero-order chi connectivity index (χ0) is 12.7. The van der Waals surface area contributed by atoms with Crippen LogP contribution in [0.1, 0.15) is 24.3 Å². The lowest BCUT2D eigenvalue weighted by atomic mass is 9.97. The van der Waals surface area contributed by atoms with E-state index in [0.29, 0.717) is 5.92 Å². The minimum Gasteiger partial charge on any atom is -0.376 e. The molecule has 1 aromatic carbocycles. The normalized spacial score (nSPS) is 25.7. The molecule has 0 radical (unpaired) electrons. The molecule has 2 N–H and O–H groups in total. The molecule has 1 aliphatic heterocycles. The minimum absolute atomic E-state index is 0.0507. The van der Waals surface area contributed by atoms with Crippen molar-refractivity contribution in [1.29, 1.82) is 0 Å². The fourth-order valence-corrected chi connectivity index (χ4v) is 2.96. The van der Waals surface area contributed by atoms with Crippen LogP contribution in [0, 0.1) is 5.92 Å². The van der Waals surface area contributed by atoms with E-state index in [1.54, 1.807) is 0 Å². The van der Waals surface area contributed by atoms with Crippen molar-refractivity contribution in [1.82, 2.24) is 9.97 Å². The molecule has 4 nitrogen and oxygen atoms in total. The summed E-state index contributed by atoms with van der Waals surface area (Å²) in [6.07, 6.45) is 1.10. The van der Waals surface area contributed by atoms with Crippen LogP contribution in [0.2, 0.25) is 0 Å². The molecule has 2 aromatic rings. The van der Waals surface area contributed by atoms with E-state index in [9.17, 15) is 4.79 Å². The topological polar surface area (TPSA) is 57.9 Å². The summed E-state index contributed by atoms with van der Waals surface area (Å²) in [5, 5.41) is -0.176. The van der Waals surface area contributed by atoms with E-state index in [1.807, 2.05) is 18.2 Å². The van der Waals surface area contributed by atoms with Crippen LogP contribution < -0.4 is 5.69 Å². The summed E-state index contributed by atoms with van der Waals surface area (Å²) in [6, 6.07) is 5.73. The van der Waals surface area contributed by atoms with Gasteiger partial charge in [-0.25, -0.2) is 4.79 Å². The van der Waals surface area contributed by atoms with Crippen molar-refractivity contribution < 1.29 is 4.74 Å². The molecular weight excluding hydrogens is 252 g/mol. The van der Waals surface area contributed by atoms with Gasteiger partial charge in [0.15, 0.2) is 0 Å². The highest BCUT2D eigenvalue weighted by atomic mass is 35.5. The van der Waals surface area contributed by atoms with Crippen LogP contribution in [0.15, 0.2) is 23.0 Å². The quantitative estimate of drug-likeness (QED) is 0.821. The Balaban J connectivity index is 1.95. The molecule has 3 unspecified atom stereocenters. The second kappa shape index (κ2) is 4.44. The first-order valence-corrected chi connectivity index (χ1v) is 6.56. The average molecular weight is 267 g/mol. The third-order valence-corrected chi connectivity index (χ3v) is 4.09. The molecule has 0 bridgehead atoms. The van der Waals surface area contributed by atoms with Crippen LogP contribution in [0.25, 0.3) is 11.0 Å². The number of rotatable bonds is 2. The Hall–Kier alpha value is -1.26. The third-order valence-electron chi connectivity index (χ3n) is 3.59. The maximum Gasteiger partial charge on any atom is 0.323 e. The van der Waals surface area contributed by atoms with E-state index in [1.165, 1.54) is 0 Å².